The van der Waals surface area contributed by atoms with Gasteiger partial charge in [0.15, 0.2) is 11.5 Å². The molecule has 0 fully saturated rings. The molecule has 3 aromatic rings. The van der Waals surface area contributed by atoms with E-state index in [1.807, 2.05) is 36.4 Å². The Morgan fingerprint density at radius 2 is 1.93 bits per heavy atom. The largest absolute Gasteiger partial charge is 0.493 e. The van der Waals surface area contributed by atoms with E-state index in [2.05, 4.69) is 5.32 Å². The fourth-order valence-corrected chi connectivity index (χ4v) is 5.87. The summed E-state index contributed by atoms with van der Waals surface area (Å²) in [4.78, 5) is 41.7. The van der Waals surface area contributed by atoms with Crippen molar-refractivity contribution in [2.75, 3.05) is 26.8 Å². The number of carbonyl (C=O) groups excluding carboxylic acids is 2. The van der Waals surface area contributed by atoms with Crippen molar-refractivity contribution in [2.24, 2.45) is 5.92 Å². The Morgan fingerprint density at radius 1 is 1.18 bits per heavy atom. The van der Waals surface area contributed by atoms with Gasteiger partial charge in [0.1, 0.15) is 23.4 Å². The van der Waals surface area contributed by atoms with Gasteiger partial charge < -0.3 is 39.4 Å². The molecule has 44 heavy (non-hydrogen) atoms. The molecule has 4 rings (SSSR count). The number of fused-ring (bicyclic) bond motifs is 1. The third kappa shape index (κ3) is 7.60. The number of ether oxygens (including phenoxy) is 2. The molecule has 0 radical (unpaired) electrons. The molecule has 0 saturated carbocycles. The zero-order chi connectivity index (χ0) is 32.0. The number of hydrogen-bond donors (Lipinski definition) is 4. The number of methoxy groups -OCH3 is 1. The van der Waals surface area contributed by atoms with Crippen LogP contribution in [0, 0.1) is 9.49 Å². The lowest BCUT2D eigenvalue weighted by atomic mass is 9.87. The molecule has 0 spiro atoms. The zero-order valence-corrected chi connectivity index (χ0v) is 26.9. The van der Waals surface area contributed by atoms with Gasteiger partial charge in [-0.25, -0.2) is 4.79 Å². The van der Waals surface area contributed by atoms with E-state index in [0.29, 0.717) is 32.3 Å². The predicted octanol–water partition coefficient (Wildman–Crippen LogP) is 3.00. The maximum atomic E-state index is 14.1. The molecule has 236 valence electrons. The number of nitrogens with one attached hydrogen (secondary N) is 1. The molecule has 1 aromatic heterocycles. The van der Waals surface area contributed by atoms with E-state index in [1.54, 1.807) is 36.4 Å². The topological polar surface area (TPSA) is 159 Å². The minimum Gasteiger partial charge on any atom is -0.493 e. The van der Waals surface area contributed by atoms with Crippen molar-refractivity contribution in [1.82, 2.24) is 10.2 Å². The maximum Gasteiger partial charge on any atom is 0.349 e. The summed E-state index contributed by atoms with van der Waals surface area (Å²) in [5.41, 5.74) is 0.192. The number of carbonyl (C=O) groups is 2. The number of halogens is 1. The van der Waals surface area contributed by atoms with Crippen LogP contribution in [0.4, 0.5) is 0 Å². The lowest BCUT2D eigenvalue weighted by Crippen LogP contribution is -2.56. The lowest BCUT2D eigenvalue weighted by Gasteiger charge is -2.40. The average molecular weight is 721 g/mol. The van der Waals surface area contributed by atoms with Crippen molar-refractivity contribution < 1.29 is 38.8 Å². The number of aliphatic hydroxyl groups excluding tert-OH is 3. The van der Waals surface area contributed by atoms with Gasteiger partial charge in [0, 0.05) is 30.5 Å². The highest BCUT2D eigenvalue weighted by atomic mass is 127. The Balaban J connectivity index is 1.78. The van der Waals surface area contributed by atoms with Crippen molar-refractivity contribution in [3.05, 3.63) is 79.2 Å². The van der Waals surface area contributed by atoms with Gasteiger partial charge in [-0.05, 0) is 70.8 Å². The summed E-state index contributed by atoms with van der Waals surface area (Å²) in [5, 5.41) is 33.9. The summed E-state index contributed by atoms with van der Waals surface area (Å²) in [7, 11) is 1.45. The fraction of sp³-hybridized carbons (Fsp3) is 0.406. The van der Waals surface area contributed by atoms with Crippen LogP contribution >= 0.6 is 22.6 Å². The normalized spacial score (nSPS) is 18.2. The van der Waals surface area contributed by atoms with E-state index in [0.717, 1.165) is 0 Å². The minimum atomic E-state index is -1.31. The van der Waals surface area contributed by atoms with Crippen molar-refractivity contribution in [2.45, 2.75) is 51.5 Å². The molecule has 12 heteroatoms. The molecule has 0 saturated heterocycles. The Kier molecular flexibility index (Phi) is 11.4. The standard InChI is InChI=1S/C32H37IN2O9/c1-18(2)8-10-35(31(40)22-14-20-6-4-5-7-25(20)44-32(22)41)24-15-21(30(39)34-9-11-36)16-26(28(24)38)43-29-23(33)12-19(17-37)13-27(29)42-3/h4-7,12-14,16,18,24,26,28,36-38H,8-11,15,17H2,1-3H3,(H,34,39). The molecule has 2 amide bonds. The fourth-order valence-electron chi connectivity index (χ4n) is 5.08. The predicted molar refractivity (Wildman–Crippen MR) is 172 cm³/mol. The summed E-state index contributed by atoms with van der Waals surface area (Å²) >= 11 is 2.03. The number of para-hydroxylation sites is 1. The molecular formula is C32H37IN2O9. The minimum absolute atomic E-state index is 0.0113. The van der Waals surface area contributed by atoms with Crippen LogP contribution < -0.4 is 20.4 Å². The molecule has 2 aromatic carbocycles. The molecule has 3 unspecified atom stereocenters. The van der Waals surface area contributed by atoms with Crippen molar-refractivity contribution >= 4 is 45.4 Å². The van der Waals surface area contributed by atoms with Crippen molar-refractivity contribution in [3.8, 4) is 11.5 Å². The summed E-state index contributed by atoms with van der Waals surface area (Å²) in [6.45, 7) is 3.70. The zero-order valence-electron chi connectivity index (χ0n) is 24.8. The monoisotopic (exact) mass is 720 g/mol. The number of nitrogens with zero attached hydrogens (tertiary/aromatic N) is 1. The third-order valence-electron chi connectivity index (χ3n) is 7.42. The van der Waals surface area contributed by atoms with Gasteiger partial charge in [-0.2, -0.15) is 0 Å². The molecule has 0 aliphatic heterocycles. The molecule has 1 aliphatic rings. The van der Waals surface area contributed by atoms with Crippen molar-refractivity contribution in [3.63, 3.8) is 0 Å². The molecule has 3 atom stereocenters. The van der Waals surface area contributed by atoms with Crippen LogP contribution in [-0.4, -0.2) is 77.1 Å². The second-order valence-corrected chi connectivity index (χ2v) is 12.1. The summed E-state index contributed by atoms with van der Waals surface area (Å²) < 4.78 is 17.8. The van der Waals surface area contributed by atoms with Crippen LogP contribution in [0.25, 0.3) is 11.0 Å². The highest BCUT2D eigenvalue weighted by Gasteiger charge is 2.41. The lowest BCUT2D eigenvalue weighted by molar-refractivity contribution is -0.118. The SMILES string of the molecule is COc1cc(CO)cc(I)c1OC1C=C(C(=O)NCCO)CC(N(CCC(C)C)C(=O)c2cc3ccccc3oc2=O)C1O. The quantitative estimate of drug-likeness (QED) is 0.163. The summed E-state index contributed by atoms with van der Waals surface area (Å²) in [6.07, 6.45) is -0.388. The first kappa shape index (κ1) is 33.4. The summed E-state index contributed by atoms with van der Waals surface area (Å²) in [5.74, 6) is -0.328. The molecule has 0 bridgehead atoms. The molecular weight excluding hydrogens is 683 g/mol. The third-order valence-corrected chi connectivity index (χ3v) is 8.22. The summed E-state index contributed by atoms with van der Waals surface area (Å²) in [6, 6.07) is 10.7. The second-order valence-electron chi connectivity index (χ2n) is 10.9. The number of hydrogen-bond acceptors (Lipinski definition) is 9. The van der Waals surface area contributed by atoms with E-state index in [4.69, 9.17) is 13.9 Å². The van der Waals surface area contributed by atoms with Gasteiger partial charge in [-0.15, -0.1) is 0 Å². The van der Waals surface area contributed by atoms with E-state index < -0.39 is 35.7 Å². The van der Waals surface area contributed by atoms with Crippen molar-refractivity contribution in [1.29, 1.82) is 0 Å². The highest BCUT2D eigenvalue weighted by Crippen LogP contribution is 2.37. The molecule has 1 heterocycles. The first-order chi connectivity index (χ1) is 21.1. The average Bonchev–Trinajstić information content (AvgIpc) is 3.01. The van der Waals surface area contributed by atoms with Crippen LogP contribution in [0.3, 0.4) is 0 Å². The van der Waals surface area contributed by atoms with Crippen LogP contribution in [0.2, 0.25) is 0 Å². The van der Waals surface area contributed by atoms with Gasteiger partial charge in [0.05, 0.1) is 29.9 Å². The molecule has 11 nitrogen and oxygen atoms in total. The molecule has 1 aliphatic carbocycles. The maximum absolute atomic E-state index is 14.1. The number of amides is 2. The number of rotatable bonds is 12. The van der Waals surface area contributed by atoms with Crippen LogP contribution in [-0.2, 0) is 11.4 Å². The Hall–Kier alpha value is -3.46. The highest BCUT2D eigenvalue weighted by molar-refractivity contribution is 14.1. The van der Waals surface area contributed by atoms with E-state index >= 15 is 0 Å². The number of benzene rings is 2. The smallest absolute Gasteiger partial charge is 0.349 e. The van der Waals surface area contributed by atoms with Gasteiger partial charge in [-0.3, -0.25) is 9.59 Å². The Morgan fingerprint density at radius 3 is 2.61 bits per heavy atom. The van der Waals surface area contributed by atoms with E-state index in [-0.39, 0.29) is 55.5 Å². The van der Waals surface area contributed by atoms with Crippen LogP contribution in [0.15, 0.2) is 63.3 Å². The number of aliphatic hydroxyl groups is 3. The van der Waals surface area contributed by atoms with E-state index in [9.17, 15) is 29.7 Å². The van der Waals surface area contributed by atoms with Gasteiger partial charge in [0.2, 0.25) is 5.91 Å². The Labute approximate surface area is 268 Å². The Bertz CT molecular complexity index is 1590. The van der Waals surface area contributed by atoms with Gasteiger partial charge in [0.25, 0.3) is 5.91 Å². The first-order valence-electron chi connectivity index (χ1n) is 14.3. The first-order valence-corrected chi connectivity index (χ1v) is 15.4. The van der Waals surface area contributed by atoms with Gasteiger partial charge >= 0.3 is 5.63 Å². The van der Waals surface area contributed by atoms with Gasteiger partial charge in [-0.1, -0.05) is 32.0 Å². The van der Waals surface area contributed by atoms with E-state index in [1.165, 1.54) is 24.2 Å². The second kappa shape index (κ2) is 15.0. The molecule has 4 N–H and O–H groups in total. The van der Waals surface area contributed by atoms with Crippen LogP contribution in [0.5, 0.6) is 11.5 Å². The van der Waals surface area contributed by atoms with Crippen LogP contribution in [0.1, 0.15) is 42.6 Å².